The number of aromatic nitrogens is 5. The molecule has 1 aromatic carbocycles. The van der Waals surface area contributed by atoms with E-state index in [2.05, 4.69) is 19.9 Å². The fourth-order valence-electron chi connectivity index (χ4n) is 1.66. The molecule has 0 aliphatic carbocycles. The van der Waals surface area contributed by atoms with Crippen LogP contribution in [0.1, 0.15) is 0 Å². The molecule has 3 rings (SSSR count). The molecule has 2 heterocycles. The molecule has 100 valence electrons. The lowest BCUT2D eigenvalue weighted by atomic mass is 10.2. The molecule has 2 N–H and O–H groups in total. The highest BCUT2D eigenvalue weighted by Gasteiger charge is 2.12. The molecule has 3 aromatic rings. The van der Waals surface area contributed by atoms with E-state index in [0.717, 1.165) is 0 Å². The first-order valence-electron chi connectivity index (χ1n) is 5.59. The van der Waals surface area contributed by atoms with Gasteiger partial charge in [0.1, 0.15) is 12.1 Å². The minimum Gasteiger partial charge on any atom is -0.368 e. The molecule has 0 bridgehead atoms. The van der Waals surface area contributed by atoms with E-state index in [1.165, 1.54) is 18.5 Å². The number of nitrogens with zero attached hydrogens (tertiary/aromatic N) is 5. The topological polar surface area (TPSA) is 82.5 Å². The van der Waals surface area contributed by atoms with Crippen molar-refractivity contribution in [2.24, 2.45) is 0 Å². The Morgan fingerprint density at radius 2 is 2.05 bits per heavy atom. The van der Waals surface area contributed by atoms with Gasteiger partial charge in [0.05, 0.1) is 5.56 Å². The number of nitrogens with two attached hydrogens (primary N) is 1. The zero-order chi connectivity index (χ0) is 14.1. The number of hydrogen-bond acceptors (Lipinski definition) is 5. The third-order valence-electron chi connectivity index (χ3n) is 2.55. The molecule has 8 heteroatoms. The van der Waals surface area contributed by atoms with Gasteiger partial charge in [-0.2, -0.15) is 15.0 Å². The van der Waals surface area contributed by atoms with Crippen molar-refractivity contribution in [3.63, 3.8) is 0 Å². The normalized spacial score (nSPS) is 10.7. The fourth-order valence-corrected chi connectivity index (χ4v) is 1.82. The van der Waals surface area contributed by atoms with Gasteiger partial charge in [0.25, 0.3) is 0 Å². The van der Waals surface area contributed by atoms with Crippen LogP contribution in [0.15, 0.2) is 36.9 Å². The number of imidazole rings is 1. The van der Waals surface area contributed by atoms with Crippen molar-refractivity contribution in [3.8, 4) is 17.3 Å². The SMILES string of the molecule is Nc1nc(-c2ccc(Cl)cc2F)nc(-n2ccnc2)n1. The van der Waals surface area contributed by atoms with Crippen LogP contribution in [0.4, 0.5) is 10.3 Å². The van der Waals surface area contributed by atoms with Gasteiger partial charge in [-0.1, -0.05) is 11.6 Å². The van der Waals surface area contributed by atoms with E-state index in [0.29, 0.717) is 5.02 Å². The fraction of sp³-hybridized carbons (Fsp3) is 0. The second-order valence-corrected chi connectivity index (χ2v) is 4.35. The Bertz CT molecular complexity index is 759. The molecule has 0 spiro atoms. The van der Waals surface area contributed by atoms with E-state index >= 15 is 0 Å². The molecule has 0 aliphatic heterocycles. The maximum atomic E-state index is 13.9. The summed E-state index contributed by atoms with van der Waals surface area (Å²) in [6.45, 7) is 0. The summed E-state index contributed by atoms with van der Waals surface area (Å²) in [7, 11) is 0. The molecule has 0 amide bonds. The quantitative estimate of drug-likeness (QED) is 0.781. The number of rotatable bonds is 2. The Hall–Kier alpha value is -2.54. The molecule has 0 atom stereocenters. The first kappa shape index (κ1) is 12.5. The Morgan fingerprint density at radius 3 is 2.75 bits per heavy atom. The van der Waals surface area contributed by atoms with Crippen LogP contribution >= 0.6 is 11.6 Å². The maximum absolute atomic E-state index is 13.9. The second kappa shape index (κ2) is 4.86. The van der Waals surface area contributed by atoms with Crippen LogP contribution in [-0.4, -0.2) is 24.5 Å². The molecule has 6 nitrogen and oxygen atoms in total. The molecular weight excluding hydrogens is 283 g/mol. The molecular formula is C12H8ClFN6. The summed E-state index contributed by atoms with van der Waals surface area (Å²) < 4.78 is 15.4. The zero-order valence-electron chi connectivity index (χ0n) is 10.0. The molecule has 0 radical (unpaired) electrons. The van der Waals surface area contributed by atoms with Crippen molar-refractivity contribution in [1.29, 1.82) is 0 Å². The van der Waals surface area contributed by atoms with Gasteiger partial charge in [0.15, 0.2) is 5.82 Å². The predicted octanol–water partition coefficient (Wildman–Crippen LogP) is 2.10. The third-order valence-corrected chi connectivity index (χ3v) is 2.78. The molecule has 0 saturated heterocycles. The Kier molecular flexibility index (Phi) is 3.03. The summed E-state index contributed by atoms with van der Waals surface area (Å²) in [5, 5.41) is 0.295. The van der Waals surface area contributed by atoms with E-state index in [1.54, 1.807) is 23.0 Å². The van der Waals surface area contributed by atoms with Crippen molar-refractivity contribution in [2.75, 3.05) is 5.73 Å². The minimum absolute atomic E-state index is 0.00644. The summed E-state index contributed by atoms with van der Waals surface area (Å²) in [5.74, 6) is -0.137. The van der Waals surface area contributed by atoms with Gasteiger partial charge in [0, 0.05) is 17.4 Å². The summed E-state index contributed by atoms with van der Waals surface area (Å²) in [5.41, 5.74) is 5.84. The van der Waals surface area contributed by atoms with E-state index in [9.17, 15) is 4.39 Å². The molecule has 2 aromatic heterocycles. The van der Waals surface area contributed by atoms with Crippen molar-refractivity contribution < 1.29 is 4.39 Å². The Morgan fingerprint density at radius 1 is 1.20 bits per heavy atom. The van der Waals surface area contributed by atoms with Crippen molar-refractivity contribution >= 4 is 17.5 Å². The second-order valence-electron chi connectivity index (χ2n) is 3.91. The standard InChI is InChI=1S/C12H8ClFN6/c13-7-1-2-8(9(14)5-7)10-17-11(15)19-12(18-10)20-4-3-16-6-20/h1-6H,(H2,15,17,18,19). The number of anilines is 1. The summed E-state index contributed by atoms with van der Waals surface area (Å²) in [6, 6.07) is 4.23. The van der Waals surface area contributed by atoms with E-state index in [1.807, 2.05) is 0 Å². The lowest BCUT2D eigenvalue weighted by Crippen LogP contribution is -2.07. The smallest absolute Gasteiger partial charge is 0.240 e. The predicted molar refractivity (Wildman–Crippen MR) is 71.8 cm³/mol. The summed E-state index contributed by atoms with van der Waals surface area (Å²) >= 11 is 5.72. The van der Waals surface area contributed by atoms with Crippen LogP contribution in [0.25, 0.3) is 17.3 Å². The van der Waals surface area contributed by atoms with E-state index < -0.39 is 5.82 Å². The minimum atomic E-state index is -0.528. The average Bonchev–Trinajstić information content (AvgIpc) is 2.91. The molecule has 20 heavy (non-hydrogen) atoms. The summed E-state index contributed by atoms with van der Waals surface area (Å²) in [4.78, 5) is 16.0. The largest absolute Gasteiger partial charge is 0.368 e. The van der Waals surface area contributed by atoms with Crippen molar-refractivity contribution in [3.05, 3.63) is 47.8 Å². The van der Waals surface area contributed by atoms with Gasteiger partial charge in [-0.05, 0) is 18.2 Å². The van der Waals surface area contributed by atoms with Gasteiger partial charge in [-0.3, -0.25) is 4.57 Å². The number of halogens is 2. The Labute approximate surface area is 118 Å². The number of nitrogen functional groups attached to an aromatic ring is 1. The number of hydrogen-bond donors (Lipinski definition) is 1. The number of benzene rings is 1. The van der Waals surface area contributed by atoms with Gasteiger partial charge < -0.3 is 5.73 Å². The molecule has 0 fully saturated rings. The van der Waals surface area contributed by atoms with Crippen molar-refractivity contribution in [2.45, 2.75) is 0 Å². The van der Waals surface area contributed by atoms with Gasteiger partial charge in [-0.25, -0.2) is 9.37 Å². The van der Waals surface area contributed by atoms with Gasteiger partial charge in [0.2, 0.25) is 11.9 Å². The van der Waals surface area contributed by atoms with Crippen LogP contribution in [0.5, 0.6) is 0 Å². The first-order chi connectivity index (χ1) is 9.63. The first-order valence-corrected chi connectivity index (χ1v) is 5.96. The van der Waals surface area contributed by atoms with E-state index in [4.69, 9.17) is 17.3 Å². The van der Waals surface area contributed by atoms with Crippen LogP contribution in [0.2, 0.25) is 5.02 Å². The highest BCUT2D eigenvalue weighted by atomic mass is 35.5. The highest BCUT2D eigenvalue weighted by Crippen LogP contribution is 2.23. The molecule has 0 unspecified atom stereocenters. The van der Waals surface area contributed by atoms with Gasteiger partial charge in [-0.15, -0.1) is 0 Å². The molecule has 0 saturated carbocycles. The Balaban J connectivity index is 2.14. The van der Waals surface area contributed by atoms with Crippen LogP contribution in [0.3, 0.4) is 0 Å². The lowest BCUT2D eigenvalue weighted by molar-refractivity contribution is 0.630. The zero-order valence-corrected chi connectivity index (χ0v) is 10.8. The summed E-state index contributed by atoms with van der Waals surface area (Å²) in [6.07, 6.45) is 4.73. The monoisotopic (exact) mass is 290 g/mol. The van der Waals surface area contributed by atoms with Crippen LogP contribution in [-0.2, 0) is 0 Å². The van der Waals surface area contributed by atoms with Gasteiger partial charge >= 0.3 is 0 Å². The highest BCUT2D eigenvalue weighted by molar-refractivity contribution is 6.30. The van der Waals surface area contributed by atoms with Crippen molar-refractivity contribution in [1.82, 2.24) is 24.5 Å². The van der Waals surface area contributed by atoms with Crippen LogP contribution in [0, 0.1) is 5.82 Å². The maximum Gasteiger partial charge on any atom is 0.240 e. The average molecular weight is 291 g/mol. The third kappa shape index (κ3) is 2.30. The van der Waals surface area contributed by atoms with Crippen LogP contribution < -0.4 is 5.73 Å². The molecule has 0 aliphatic rings. The van der Waals surface area contributed by atoms with E-state index in [-0.39, 0.29) is 23.3 Å². The lowest BCUT2D eigenvalue weighted by Gasteiger charge is -2.06.